The third kappa shape index (κ3) is 3.41. The molecule has 0 saturated heterocycles. The normalized spacial score (nSPS) is 13.5. The maximum absolute atomic E-state index is 12.2. The van der Waals surface area contributed by atoms with Crippen LogP contribution in [-0.2, 0) is 13.1 Å². The van der Waals surface area contributed by atoms with E-state index in [4.69, 9.17) is 0 Å². The lowest BCUT2D eigenvalue weighted by Gasteiger charge is -2.10. The number of rotatable bonds is 3. The highest BCUT2D eigenvalue weighted by Crippen LogP contribution is 2.34. The summed E-state index contributed by atoms with van der Waals surface area (Å²) in [6.45, 7) is 4.21. The topological polar surface area (TPSA) is 52.2 Å². The molecule has 0 spiro atoms. The fourth-order valence-corrected chi connectivity index (χ4v) is 4.49. The second kappa shape index (κ2) is 7.36. The van der Waals surface area contributed by atoms with E-state index in [1.54, 1.807) is 19.0 Å². The number of carbonyl (C=O) groups is 1. The largest absolute Gasteiger partial charge is 0.346 e. The molecule has 0 saturated carbocycles. The standard InChI is InChI=1S/C26H26N4O/c1-16-9-19(10-21-14-30(4)15-24(16)21)20-11-22-23(13-28-25(22)27-12-20)17-5-7-18(8-6-17)26(31)29(2)3/h5-13H,14-15H2,1-4H3,(H,27,28). The van der Waals surface area contributed by atoms with Gasteiger partial charge in [0, 0.05) is 61.7 Å². The maximum Gasteiger partial charge on any atom is 0.253 e. The molecule has 5 nitrogen and oxygen atoms in total. The molecule has 0 radical (unpaired) electrons. The summed E-state index contributed by atoms with van der Waals surface area (Å²) in [5.41, 5.74) is 10.2. The van der Waals surface area contributed by atoms with Gasteiger partial charge >= 0.3 is 0 Å². The van der Waals surface area contributed by atoms with Crippen molar-refractivity contribution in [2.75, 3.05) is 21.1 Å². The molecule has 156 valence electrons. The number of amides is 1. The quantitative estimate of drug-likeness (QED) is 0.525. The number of hydrogen-bond acceptors (Lipinski definition) is 3. The van der Waals surface area contributed by atoms with Crippen LogP contribution in [0, 0.1) is 6.92 Å². The first-order valence-corrected chi connectivity index (χ1v) is 10.5. The van der Waals surface area contributed by atoms with Crippen LogP contribution in [0.2, 0.25) is 0 Å². The minimum atomic E-state index is 0.00653. The SMILES string of the molecule is Cc1cc(-c2cnc3[nH]cc(-c4ccc(C(=O)N(C)C)cc4)c3c2)cc2c1CN(C)C2. The number of aromatic amines is 1. The molecule has 0 fully saturated rings. The Kier molecular flexibility index (Phi) is 4.63. The van der Waals surface area contributed by atoms with Crippen molar-refractivity contribution in [3.63, 3.8) is 0 Å². The first kappa shape index (κ1) is 19.5. The van der Waals surface area contributed by atoms with E-state index in [-0.39, 0.29) is 5.91 Å². The molecule has 0 bridgehead atoms. The average Bonchev–Trinajstić information content (AvgIpc) is 3.35. The van der Waals surface area contributed by atoms with Gasteiger partial charge in [0.05, 0.1) is 0 Å². The van der Waals surface area contributed by atoms with Crippen molar-refractivity contribution < 1.29 is 4.79 Å². The molecule has 1 aliphatic heterocycles. The van der Waals surface area contributed by atoms with Crippen molar-refractivity contribution in [2.45, 2.75) is 20.0 Å². The van der Waals surface area contributed by atoms with E-state index in [0.717, 1.165) is 40.8 Å². The molecule has 1 amide bonds. The first-order chi connectivity index (χ1) is 14.9. The highest BCUT2D eigenvalue weighted by Gasteiger charge is 2.19. The van der Waals surface area contributed by atoms with Gasteiger partial charge in [0.15, 0.2) is 0 Å². The summed E-state index contributed by atoms with van der Waals surface area (Å²) in [5.74, 6) is 0.00653. The molecule has 5 rings (SSSR count). The fourth-order valence-electron chi connectivity index (χ4n) is 4.49. The predicted molar refractivity (Wildman–Crippen MR) is 125 cm³/mol. The minimum Gasteiger partial charge on any atom is -0.346 e. The van der Waals surface area contributed by atoms with Crippen molar-refractivity contribution in [1.82, 2.24) is 19.8 Å². The molecule has 0 aliphatic carbocycles. The Hall–Kier alpha value is -3.44. The van der Waals surface area contributed by atoms with Crippen molar-refractivity contribution in [3.05, 3.63) is 77.1 Å². The Morgan fingerprint density at radius 2 is 1.81 bits per heavy atom. The molecule has 5 heteroatoms. The summed E-state index contributed by atoms with van der Waals surface area (Å²) >= 11 is 0. The van der Waals surface area contributed by atoms with Gasteiger partial charge < -0.3 is 9.88 Å². The maximum atomic E-state index is 12.2. The number of benzene rings is 2. The lowest BCUT2D eigenvalue weighted by molar-refractivity contribution is 0.0827. The number of carbonyl (C=O) groups excluding carboxylic acids is 1. The number of aryl methyl sites for hydroxylation is 1. The summed E-state index contributed by atoms with van der Waals surface area (Å²) in [6, 6.07) is 14.6. The summed E-state index contributed by atoms with van der Waals surface area (Å²) in [4.78, 5) is 24.1. The molecular formula is C26H26N4O. The zero-order chi connectivity index (χ0) is 21.7. The van der Waals surface area contributed by atoms with Crippen LogP contribution in [-0.4, -0.2) is 46.8 Å². The number of H-pyrrole nitrogens is 1. The zero-order valence-corrected chi connectivity index (χ0v) is 18.4. The highest BCUT2D eigenvalue weighted by atomic mass is 16.2. The van der Waals surface area contributed by atoms with Gasteiger partial charge in [-0.25, -0.2) is 4.98 Å². The van der Waals surface area contributed by atoms with E-state index in [0.29, 0.717) is 5.56 Å². The van der Waals surface area contributed by atoms with Crippen LogP contribution >= 0.6 is 0 Å². The van der Waals surface area contributed by atoms with Crippen molar-refractivity contribution in [3.8, 4) is 22.3 Å². The number of pyridine rings is 1. The van der Waals surface area contributed by atoms with Crippen LogP contribution in [0.15, 0.2) is 54.9 Å². The van der Waals surface area contributed by atoms with E-state index in [2.05, 4.69) is 47.0 Å². The smallest absolute Gasteiger partial charge is 0.253 e. The van der Waals surface area contributed by atoms with Crippen LogP contribution in [0.25, 0.3) is 33.3 Å². The fraction of sp³-hybridized carbons (Fsp3) is 0.231. The number of hydrogen-bond donors (Lipinski definition) is 1. The number of aromatic nitrogens is 2. The van der Waals surface area contributed by atoms with Gasteiger partial charge in [-0.05, 0) is 66.1 Å². The zero-order valence-electron chi connectivity index (χ0n) is 18.4. The molecule has 0 atom stereocenters. The van der Waals surface area contributed by atoms with Gasteiger partial charge in [0.2, 0.25) is 0 Å². The third-order valence-electron chi connectivity index (χ3n) is 6.15. The molecule has 31 heavy (non-hydrogen) atoms. The number of nitrogens with zero attached hydrogens (tertiary/aromatic N) is 3. The molecule has 2 aromatic carbocycles. The monoisotopic (exact) mass is 410 g/mol. The van der Waals surface area contributed by atoms with Crippen LogP contribution in [0.5, 0.6) is 0 Å². The molecular weight excluding hydrogens is 384 g/mol. The molecule has 2 aromatic heterocycles. The van der Waals surface area contributed by atoms with E-state index in [9.17, 15) is 4.79 Å². The molecule has 4 aromatic rings. The molecule has 1 aliphatic rings. The summed E-state index contributed by atoms with van der Waals surface area (Å²) in [7, 11) is 5.69. The van der Waals surface area contributed by atoms with Crippen LogP contribution in [0.4, 0.5) is 0 Å². The van der Waals surface area contributed by atoms with Gasteiger partial charge in [0.25, 0.3) is 5.91 Å². The first-order valence-electron chi connectivity index (χ1n) is 10.5. The third-order valence-corrected chi connectivity index (χ3v) is 6.15. The Balaban J connectivity index is 1.55. The minimum absolute atomic E-state index is 0.00653. The summed E-state index contributed by atoms with van der Waals surface area (Å²) < 4.78 is 0. The predicted octanol–water partition coefficient (Wildman–Crippen LogP) is 4.85. The second-order valence-corrected chi connectivity index (χ2v) is 8.70. The lowest BCUT2D eigenvalue weighted by Crippen LogP contribution is -2.21. The van der Waals surface area contributed by atoms with Crippen molar-refractivity contribution >= 4 is 16.9 Å². The Morgan fingerprint density at radius 1 is 1.03 bits per heavy atom. The van der Waals surface area contributed by atoms with Crippen LogP contribution in [0.1, 0.15) is 27.0 Å². The second-order valence-electron chi connectivity index (χ2n) is 8.70. The molecule has 0 unspecified atom stereocenters. The Morgan fingerprint density at radius 3 is 2.55 bits per heavy atom. The van der Waals surface area contributed by atoms with Gasteiger partial charge in [-0.15, -0.1) is 0 Å². The average molecular weight is 411 g/mol. The van der Waals surface area contributed by atoms with E-state index in [1.807, 2.05) is 36.7 Å². The summed E-state index contributed by atoms with van der Waals surface area (Å²) in [5, 5.41) is 1.08. The number of fused-ring (bicyclic) bond motifs is 2. The molecule has 1 N–H and O–H groups in total. The summed E-state index contributed by atoms with van der Waals surface area (Å²) in [6.07, 6.45) is 3.94. The van der Waals surface area contributed by atoms with E-state index in [1.165, 1.54) is 22.3 Å². The highest BCUT2D eigenvalue weighted by molar-refractivity contribution is 5.98. The van der Waals surface area contributed by atoms with E-state index >= 15 is 0 Å². The Labute approximate surface area is 182 Å². The van der Waals surface area contributed by atoms with Crippen LogP contribution in [0.3, 0.4) is 0 Å². The number of nitrogens with one attached hydrogen (secondary N) is 1. The van der Waals surface area contributed by atoms with Crippen LogP contribution < -0.4 is 0 Å². The molecule has 3 heterocycles. The van der Waals surface area contributed by atoms with Crippen molar-refractivity contribution in [2.24, 2.45) is 0 Å². The van der Waals surface area contributed by atoms with Gasteiger partial charge in [0.1, 0.15) is 5.65 Å². The van der Waals surface area contributed by atoms with Gasteiger partial charge in [-0.1, -0.05) is 18.2 Å². The lowest BCUT2D eigenvalue weighted by atomic mass is 9.96. The van der Waals surface area contributed by atoms with E-state index < -0.39 is 0 Å². The van der Waals surface area contributed by atoms with Gasteiger partial charge in [-0.2, -0.15) is 0 Å². The van der Waals surface area contributed by atoms with Crippen molar-refractivity contribution in [1.29, 1.82) is 0 Å². The Bertz CT molecular complexity index is 1300. The van der Waals surface area contributed by atoms with Gasteiger partial charge in [-0.3, -0.25) is 9.69 Å².